The van der Waals surface area contributed by atoms with E-state index in [4.69, 9.17) is 14.2 Å². The largest absolute Gasteiger partial charge is 0.487 e. The molecule has 12 heteroatoms. The highest BCUT2D eigenvalue weighted by Crippen LogP contribution is 2.46. The highest BCUT2D eigenvalue weighted by molar-refractivity contribution is 6.01. The number of aryl methyl sites for hydroxylation is 1. The number of anilines is 2. The van der Waals surface area contributed by atoms with Crippen LogP contribution in [0.2, 0.25) is 0 Å². The van der Waals surface area contributed by atoms with Crippen LogP contribution in [0.25, 0.3) is 0 Å². The summed E-state index contributed by atoms with van der Waals surface area (Å²) < 4.78 is 16.1. The Kier molecular flexibility index (Phi) is 6.86. The fourth-order valence-corrected chi connectivity index (χ4v) is 4.84. The Labute approximate surface area is 219 Å². The third kappa shape index (κ3) is 4.84. The summed E-state index contributed by atoms with van der Waals surface area (Å²) in [4.78, 5) is 49.4. The first-order chi connectivity index (χ1) is 18.4. The molecule has 0 aromatic carbocycles. The minimum Gasteiger partial charge on any atom is -0.487 e. The molecular formula is C26H28N6O6. The number of rotatable bonds is 8. The number of amides is 3. The Morgan fingerprint density at radius 2 is 2.21 bits per heavy atom. The zero-order valence-corrected chi connectivity index (χ0v) is 21.2. The number of hydrogen-bond donors (Lipinski definition) is 1. The number of nitriles is 1. The van der Waals surface area contributed by atoms with Gasteiger partial charge in [0.25, 0.3) is 0 Å². The van der Waals surface area contributed by atoms with E-state index in [2.05, 4.69) is 15.3 Å². The van der Waals surface area contributed by atoms with Crippen molar-refractivity contribution in [1.82, 2.24) is 14.9 Å². The first-order valence-electron chi connectivity index (χ1n) is 12.4. The molecule has 2 aliphatic heterocycles. The van der Waals surface area contributed by atoms with Crippen molar-refractivity contribution in [2.45, 2.75) is 50.8 Å². The van der Waals surface area contributed by atoms with E-state index >= 15 is 0 Å². The zero-order chi connectivity index (χ0) is 26.9. The molecule has 1 unspecified atom stereocenters. The number of cyclic esters (lactones) is 1. The van der Waals surface area contributed by atoms with Crippen molar-refractivity contribution < 1.29 is 28.6 Å². The fourth-order valence-electron chi connectivity index (χ4n) is 4.84. The summed E-state index contributed by atoms with van der Waals surface area (Å²) in [6.45, 7) is 3.13. The molecule has 0 radical (unpaired) electrons. The van der Waals surface area contributed by atoms with E-state index in [9.17, 15) is 19.6 Å². The van der Waals surface area contributed by atoms with Gasteiger partial charge in [0.2, 0.25) is 0 Å². The lowest BCUT2D eigenvalue weighted by Crippen LogP contribution is -2.40. The van der Waals surface area contributed by atoms with Crippen molar-refractivity contribution in [3.63, 3.8) is 0 Å². The van der Waals surface area contributed by atoms with Gasteiger partial charge in [-0.1, -0.05) is 0 Å². The maximum Gasteiger partial charge on any atom is 0.410 e. The first kappa shape index (κ1) is 25.4. The minimum atomic E-state index is -0.476. The molecule has 12 nitrogen and oxygen atoms in total. The number of nitrogens with one attached hydrogen (secondary N) is 1. The molecule has 1 spiro atoms. The SMILES string of the molecule is COCC(C)Oc1cc(NC(=O)N2CCCc3cc(CN4C(=O)OCC45CC5)c(C=O)nc32)ncc1C#N. The molecule has 1 saturated heterocycles. The van der Waals surface area contributed by atoms with Gasteiger partial charge in [0.05, 0.1) is 24.9 Å². The molecular weight excluding hydrogens is 492 g/mol. The van der Waals surface area contributed by atoms with Crippen LogP contribution in [0.5, 0.6) is 5.75 Å². The number of carbonyl (C=O) groups is 3. The van der Waals surface area contributed by atoms with Gasteiger partial charge in [0, 0.05) is 25.3 Å². The number of aldehydes is 1. The van der Waals surface area contributed by atoms with Crippen LogP contribution in [0.15, 0.2) is 18.3 Å². The van der Waals surface area contributed by atoms with Crippen molar-refractivity contribution in [2.24, 2.45) is 0 Å². The van der Waals surface area contributed by atoms with Gasteiger partial charge in [-0.25, -0.2) is 19.6 Å². The van der Waals surface area contributed by atoms with Gasteiger partial charge in [-0.2, -0.15) is 5.26 Å². The Morgan fingerprint density at radius 1 is 1.39 bits per heavy atom. The third-order valence-electron chi connectivity index (χ3n) is 7.00. The maximum absolute atomic E-state index is 13.3. The second kappa shape index (κ2) is 10.3. The summed E-state index contributed by atoms with van der Waals surface area (Å²) in [7, 11) is 1.55. The van der Waals surface area contributed by atoms with Crippen LogP contribution in [0.3, 0.4) is 0 Å². The van der Waals surface area contributed by atoms with Gasteiger partial charge in [-0.05, 0) is 44.2 Å². The van der Waals surface area contributed by atoms with Crippen LogP contribution >= 0.6 is 0 Å². The topological polar surface area (TPSA) is 147 Å². The minimum absolute atomic E-state index is 0.179. The van der Waals surface area contributed by atoms with Crippen LogP contribution in [0.4, 0.5) is 21.2 Å². The number of hydrogen-bond acceptors (Lipinski definition) is 9. The van der Waals surface area contributed by atoms with E-state index in [0.29, 0.717) is 50.3 Å². The van der Waals surface area contributed by atoms with Gasteiger partial charge >= 0.3 is 12.1 Å². The Bertz CT molecular complexity index is 1320. The van der Waals surface area contributed by atoms with E-state index in [-0.39, 0.29) is 47.1 Å². The molecule has 4 heterocycles. The monoisotopic (exact) mass is 520 g/mol. The molecule has 2 aromatic rings. The maximum atomic E-state index is 13.3. The molecule has 1 N–H and O–H groups in total. The van der Waals surface area contributed by atoms with Gasteiger partial charge in [-0.15, -0.1) is 0 Å². The first-order valence-corrected chi connectivity index (χ1v) is 12.4. The summed E-state index contributed by atoms with van der Waals surface area (Å²) in [6.07, 6.45) is 4.41. The lowest BCUT2D eigenvalue weighted by Gasteiger charge is -2.30. The number of pyridine rings is 2. The highest BCUT2D eigenvalue weighted by Gasteiger charge is 2.56. The van der Waals surface area contributed by atoms with Crippen molar-refractivity contribution in [3.8, 4) is 11.8 Å². The average Bonchev–Trinajstić information content (AvgIpc) is 3.64. The van der Waals surface area contributed by atoms with Gasteiger partial charge in [0.1, 0.15) is 47.4 Å². The second-order valence-corrected chi connectivity index (χ2v) is 9.75. The molecule has 2 aromatic heterocycles. The number of ether oxygens (including phenoxy) is 3. The van der Waals surface area contributed by atoms with E-state index in [1.807, 2.05) is 12.1 Å². The van der Waals surface area contributed by atoms with E-state index < -0.39 is 6.03 Å². The van der Waals surface area contributed by atoms with Crippen LogP contribution in [-0.2, 0) is 22.4 Å². The van der Waals surface area contributed by atoms with Gasteiger partial charge in [0.15, 0.2) is 6.29 Å². The number of methoxy groups -OCH3 is 1. The van der Waals surface area contributed by atoms with Crippen LogP contribution in [-0.4, -0.2) is 71.8 Å². The van der Waals surface area contributed by atoms with Gasteiger partial charge < -0.3 is 14.2 Å². The predicted octanol–water partition coefficient (Wildman–Crippen LogP) is 3.04. The van der Waals surface area contributed by atoms with Crippen molar-refractivity contribution >= 4 is 30.0 Å². The lowest BCUT2D eigenvalue weighted by molar-refractivity contribution is 0.0919. The van der Waals surface area contributed by atoms with Gasteiger partial charge in [-0.3, -0.25) is 19.9 Å². The Morgan fingerprint density at radius 3 is 2.92 bits per heavy atom. The molecule has 5 rings (SSSR count). The molecule has 3 amide bonds. The lowest BCUT2D eigenvalue weighted by atomic mass is 10.0. The van der Waals surface area contributed by atoms with E-state index in [1.165, 1.54) is 17.2 Å². The number of aromatic nitrogens is 2. The summed E-state index contributed by atoms with van der Waals surface area (Å²) in [5.41, 5.74) is 1.59. The van der Waals surface area contributed by atoms with Crippen molar-refractivity contribution in [1.29, 1.82) is 5.26 Å². The summed E-state index contributed by atoms with van der Waals surface area (Å²) in [5.74, 6) is 0.875. The summed E-state index contributed by atoms with van der Waals surface area (Å²) in [5, 5.41) is 12.1. The van der Waals surface area contributed by atoms with E-state index in [0.717, 1.165) is 18.4 Å². The Balaban J connectivity index is 1.36. The second-order valence-electron chi connectivity index (χ2n) is 9.75. The molecule has 198 valence electrons. The summed E-state index contributed by atoms with van der Waals surface area (Å²) >= 11 is 0. The molecule has 3 aliphatic rings. The third-order valence-corrected chi connectivity index (χ3v) is 7.00. The summed E-state index contributed by atoms with van der Waals surface area (Å²) in [6, 6.07) is 4.90. The number of nitrogens with zero attached hydrogens (tertiary/aromatic N) is 5. The number of fused-ring (bicyclic) bond motifs is 1. The van der Waals surface area contributed by atoms with Crippen molar-refractivity contribution in [2.75, 3.05) is 37.1 Å². The van der Waals surface area contributed by atoms with Crippen molar-refractivity contribution in [3.05, 3.63) is 40.7 Å². The Hall–Kier alpha value is -4.24. The number of urea groups is 1. The zero-order valence-electron chi connectivity index (χ0n) is 21.2. The highest BCUT2D eigenvalue weighted by atomic mass is 16.6. The molecule has 2 fully saturated rings. The molecule has 1 aliphatic carbocycles. The smallest absolute Gasteiger partial charge is 0.410 e. The normalized spacial score (nSPS) is 17.9. The molecule has 38 heavy (non-hydrogen) atoms. The molecule has 1 saturated carbocycles. The quantitative estimate of drug-likeness (QED) is 0.519. The average molecular weight is 521 g/mol. The van der Waals surface area contributed by atoms with Crippen LogP contribution in [0, 0.1) is 11.3 Å². The van der Waals surface area contributed by atoms with E-state index in [1.54, 1.807) is 18.9 Å². The molecule has 0 bridgehead atoms. The fraction of sp³-hybridized carbons (Fsp3) is 0.462. The number of carbonyl (C=O) groups excluding carboxylic acids is 3. The predicted molar refractivity (Wildman–Crippen MR) is 134 cm³/mol. The van der Waals surface area contributed by atoms with Crippen LogP contribution < -0.4 is 15.0 Å². The standard InChI is InChI=1S/C26H28N6O6/c1-16(14-36-2)38-21-9-22(28-11-19(21)10-27)30-24(34)31-7-3-4-17-8-18(20(13-33)29-23(17)31)12-32-25(35)37-15-26(32)5-6-26/h8-9,11,13,16H,3-7,12,14-15H2,1-2H3,(H,28,30,34). The molecule has 1 atom stereocenters. The van der Waals surface area contributed by atoms with Crippen LogP contribution in [0.1, 0.15) is 53.4 Å².